The van der Waals surface area contributed by atoms with Crippen molar-refractivity contribution in [2.75, 3.05) is 0 Å². The third-order valence-corrected chi connectivity index (χ3v) is 13.3. The molecule has 7 aromatic carbocycles. The van der Waals surface area contributed by atoms with E-state index in [1.807, 2.05) is 107 Å². The van der Waals surface area contributed by atoms with Crippen molar-refractivity contribution in [3.63, 3.8) is 0 Å². The third-order valence-electron chi connectivity index (χ3n) is 13.3. The van der Waals surface area contributed by atoms with E-state index >= 15 is 4.39 Å². The average Bonchev–Trinajstić information content (AvgIpc) is 3.43. The summed E-state index contributed by atoms with van der Waals surface area (Å²) in [6.45, 7) is 7.41. The van der Waals surface area contributed by atoms with Gasteiger partial charge in [0, 0.05) is 38.5 Å². The van der Waals surface area contributed by atoms with Crippen molar-refractivity contribution in [2.45, 2.75) is 65.2 Å². The molecule has 0 radical (unpaired) electrons. The summed E-state index contributed by atoms with van der Waals surface area (Å²) in [5, 5.41) is 0. The van der Waals surface area contributed by atoms with Crippen LogP contribution in [-0.2, 0) is 45.8 Å². The zero-order valence-corrected chi connectivity index (χ0v) is 43.9. The van der Waals surface area contributed by atoms with Crippen molar-refractivity contribution in [3.05, 3.63) is 257 Å². The van der Waals surface area contributed by atoms with Crippen molar-refractivity contribution in [1.29, 1.82) is 0 Å². The number of benzene rings is 7. The minimum Gasteiger partial charge on any atom is -0.304 e. The van der Waals surface area contributed by atoms with Crippen LogP contribution in [0.15, 0.2) is 188 Å². The molecule has 0 aliphatic rings. The number of nitrogens with zero attached hydrogens (tertiary/aromatic N) is 3. The van der Waals surface area contributed by atoms with Crippen LogP contribution in [0.2, 0.25) is 0 Å². The van der Waals surface area contributed by atoms with E-state index in [0.717, 1.165) is 83.6 Å². The van der Waals surface area contributed by atoms with Crippen LogP contribution >= 0.6 is 0 Å². The summed E-state index contributed by atoms with van der Waals surface area (Å²) in [6.07, 6.45) is 7.79. The van der Waals surface area contributed by atoms with Gasteiger partial charge in [-0.05, 0) is 139 Å². The van der Waals surface area contributed by atoms with E-state index in [2.05, 4.69) is 78.9 Å². The zero-order valence-electron chi connectivity index (χ0n) is 43.5. The van der Waals surface area contributed by atoms with Gasteiger partial charge in [-0.15, -0.1) is 95.6 Å². The van der Waals surface area contributed by atoms with Crippen LogP contribution in [0.1, 0.15) is 75.6 Å². The van der Waals surface area contributed by atoms with Gasteiger partial charge in [0.1, 0.15) is 5.82 Å². The van der Waals surface area contributed by atoms with Crippen LogP contribution in [0.25, 0.3) is 78.3 Å². The Morgan fingerprint density at radius 3 is 1.46 bits per heavy atom. The molecule has 3 aromatic heterocycles. The number of hydrogen-bond acceptors (Lipinski definition) is 3. The Balaban J connectivity index is 0.00000706. The third kappa shape index (κ3) is 11.8. The van der Waals surface area contributed by atoms with Crippen LogP contribution in [0.5, 0.6) is 0 Å². The van der Waals surface area contributed by atoms with E-state index in [9.17, 15) is 11.5 Å². The molecule has 366 valence electrons. The Labute approximate surface area is 449 Å². The van der Waals surface area contributed by atoms with Gasteiger partial charge in [-0.1, -0.05) is 125 Å². The molecule has 0 unspecified atom stereocenters. The average molecular weight is 1150 g/mol. The Morgan fingerprint density at radius 2 is 0.919 bits per heavy atom. The van der Waals surface area contributed by atoms with Crippen molar-refractivity contribution >= 4 is 0 Å². The van der Waals surface area contributed by atoms with E-state index in [4.69, 9.17) is 15.0 Å². The first-order valence-corrected chi connectivity index (χ1v) is 24.5. The standard InChI is InChI=1S/C67H53F3N3.Ir/c1-43(2)60-37-65(51-23-27-56(68)28-24-51)71-40-53(60)17-15-45-33-46(16-18-54-41-72-66(38-61(54)44(3)4)52-25-29-57(69)30-26-52)35-55(34-45)62-36-58(70)31-32-59(62)64-42-73-67(50-13-9-6-10-14-50)39-63(64)49-21-19-48(20-22-49)47-11-7-5-8-12-47;/h5-13,19-23,25,27-44H,15-18H2,1-4H3;/q-3;+3/i43D,44D;. The van der Waals surface area contributed by atoms with E-state index in [1.54, 1.807) is 18.2 Å². The molecular formula is C67H53F3IrN3. The summed E-state index contributed by atoms with van der Waals surface area (Å²) in [4.78, 5) is 14.6. The van der Waals surface area contributed by atoms with Gasteiger partial charge in [0.05, 0.1) is 0 Å². The Bertz CT molecular complexity index is 3500. The maximum atomic E-state index is 16.0. The van der Waals surface area contributed by atoms with Crippen LogP contribution in [0.3, 0.4) is 0 Å². The van der Waals surface area contributed by atoms with Crippen LogP contribution in [0.4, 0.5) is 13.2 Å². The fourth-order valence-corrected chi connectivity index (χ4v) is 9.56. The second kappa shape index (κ2) is 23.1. The van der Waals surface area contributed by atoms with Crippen molar-refractivity contribution in [2.24, 2.45) is 0 Å². The fraction of sp³-hybridized carbons (Fsp3) is 0.149. The topological polar surface area (TPSA) is 38.7 Å². The minimum absolute atomic E-state index is 0. The summed E-state index contributed by atoms with van der Waals surface area (Å²) in [6, 6.07) is 61.7. The molecule has 0 spiro atoms. The molecule has 74 heavy (non-hydrogen) atoms. The number of pyridine rings is 3. The monoisotopic (exact) mass is 1150 g/mol. The van der Waals surface area contributed by atoms with Gasteiger partial charge >= 0.3 is 20.1 Å². The summed E-state index contributed by atoms with van der Waals surface area (Å²) >= 11 is 0. The molecule has 0 aliphatic heterocycles. The predicted molar refractivity (Wildman–Crippen MR) is 290 cm³/mol. The zero-order chi connectivity index (χ0) is 52.3. The van der Waals surface area contributed by atoms with Gasteiger partial charge in [0.2, 0.25) is 0 Å². The maximum Gasteiger partial charge on any atom is 3.00 e. The Morgan fingerprint density at radius 1 is 0.419 bits per heavy atom. The predicted octanol–water partition coefficient (Wildman–Crippen LogP) is 17.2. The number of aryl methyl sites for hydroxylation is 4. The molecule has 10 aromatic rings. The summed E-state index contributed by atoms with van der Waals surface area (Å²) in [5.41, 5.74) is 16.9. The van der Waals surface area contributed by atoms with Gasteiger partial charge in [-0.3, -0.25) is 8.78 Å². The quantitative estimate of drug-likeness (QED) is 0.0960. The maximum absolute atomic E-state index is 16.0. The molecular weight excluding hydrogens is 1100 g/mol. The van der Waals surface area contributed by atoms with E-state index in [0.29, 0.717) is 53.8 Å². The number of aromatic nitrogens is 3. The fourth-order valence-electron chi connectivity index (χ4n) is 9.56. The first-order chi connectivity index (χ1) is 36.1. The van der Waals surface area contributed by atoms with Crippen molar-refractivity contribution in [1.82, 2.24) is 15.0 Å². The van der Waals surface area contributed by atoms with Gasteiger partial charge in [0.25, 0.3) is 0 Å². The summed E-state index contributed by atoms with van der Waals surface area (Å²) in [7, 11) is 0. The summed E-state index contributed by atoms with van der Waals surface area (Å²) < 4.78 is 62.1. The van der Waals surface area contributed by atoms with Gasteiger partial charge < -0.3 is 15.0 Å². The normalized spacial score (nSPS) is 11.9. The Hall–Kier alpha value is -7.57. The molecule has 3 heterocycles. The smallest absolute Gasteiger partial charge is 0.304 e. The van der Waals surface area contributed by atoms with Crippen LogP contribution in [0, 0.1) is 35.7 Å². The van der Waals surface area contributed by atoms with Crippen LogP contribution < -0.4 is 0 Å². The van der Waals surface area contributed by atoms with Gasteiger partial charge in [-0.2, -0.15) is 0 Å². The molecule has 10 rings (SSSR count). The van der Waals surface area contributed by atoms with Gasteiger partial charge in [0.15, 0.2) is 0 Å². The van der Waals surface area contributed by atoms with E-state index in [1.165, 1.54) is 30.3 Å². The van der Waals surface area contributed by atoms with Gasteiger partial charge in [-0.25, -0.2) is 4.39 Å². The van der Waals surface area contributed by atoms with E-state index in [-0.39, 0.29) is 37.6 Å². The van der Waals surface area contributed by atoms with E-state index < -0.39 is 11.8 Å². The first kappa shape index (κ1) is 48.7. The molecule has 7 heteroatoms. The molecule has 0 N–H and O–H groups in total. The summed E-state index contributed by atoms with van der Waals surface area (Å²) in [5.74, 6) is -3.09. The Kier molecular flexibility index (Phi) is 15.2. The first-order valence-electron chi connectivity index (χ1n) is 25.5. The molecule has 0 saturated heterocycles. The molecule has 0 bridgehead atoms. The molecule has 0 atom stereocenters. The van der Waals surface area contributed by atoms with Crippen LogP contribution in [-0.4, -0.2) is 15.0 Å². The van der Waals surface area contributed by atoms with Crippen molar-refractivity contribution < 1.29 is 36.0 Å². The molecule has 0 amide bonds. The number of hydrogen-bond donors (Lipinski definition) is 0. The second-order valence-corrected chi connectivity index (χ2v) is 18.9. The number of rotatable bonds is 15. The van der Waals surface area contributed by atoms with Crippen molar-refractivity contribution in [3.8, 4) is 78.3 Å². The molecule has 0 fully saturated rings. The molecule has 3 nitrogen and oxygen atoms in total. The minimum atomic E-state index is -0.972. The molecule has 0 saturated carbocycles. The second-order valence-electron chi connectivity index (χ2n) is 18.9. The largest absolute Gasteiger partial charge is 3.00 e. The SMILES string of the molecule is [2H]C(C)(C)c1cc(-c2[c-]cc(F)cc2)ncc1CCc1cc(CCc2cnc(-c3[c-]cc(F)cc3)cc2C([2H])(C)C)cc(-c2cc(F)ccc2-c2cnc(-c3[c-]cccc3)cc2-c2ccc(-c3ccccc3)cc2)c1.[Ir+3]. The number of halogens is 3. The molecule has 0 aliphatic carbocycles.